The van der Waals surface area contributed by atoms with Gasteiger partial charge in [-0.3, -0.25) is 4.79 Å². The third kappa shape index (κ3) is 2.73. The largest absolute Gasteiger partial charge is 0.508 e. The van der Waals surface area contributed by atoms with Crippen molar-refractivity contribution >= 4 is 16.9 Å². The standard InChI is InChI=1S/C20H16N2O5.C2H6/c1-2-10-11-5-9(23)3-4-15(11)21-17-13(10)7-22-16(17)6-12-14(19(22)25)8-27-20(26)18(12)24;1-2/h3-6,18,23-24H,2,7-8H2,1H3;1-2H3. The number of phenols is 1. The summed E-state index contributed by atoms with van der Waals surface area (Å²) >= 11 is 0. The third-order valence-corrected chi connectivity index (χ3v) is 5.41. The molecule has 0 radical (unpaired) electrons. The van der Waals surface area contributed by atoms with Crippen LogP contribution in [0.25, 0.3) is 22.3 Å². The van der Waals surface area contributed by atoms with Crippen LogP contribution in [0.3, 0.4) is 0 Å². The van der Waals surface area contributed by atoms with Crippen LogP contribution in [0.5, 0.6) is 5.75 Å². The molecule has 0 fully saturated rings. The minimum absolute atomic E-state index is 0.134. The Morgan fingerprint density at radius 3 is 2.69 bits per heavy atom. The van der Waals surface area contributed by atoms with Gasteiger partial charge in [0, 0.05) is 16.5 Å². The number of nitrogens with zero attached hydrogens (tertiary/aromatic N) is 2. The van der Waals surface area contributed by atoms with Crippen molar-refractivity contribution in [2.75, 3.05) is 0 Å². The van der Waals surface area contributed by atoms with Crippen LogP contribution in [0.2, 0.25) is 0 Å². The SMILES string of the molecule is CC.CCc1c2c(nc3ccc(O)cc13)-c1cc3c(c(=O)n1C2)COC(=O)C3O. The second kappa shape index (κ2) is 7.00. The Bertz CT molecular complexity index is 1210. The summed E-state index contributed by atoms with van der Waals surface area (Å²) in [6.45, 7) is 6.25. The van der Waals surface area contributed by atoms with Gasteiger partial charge in [0.2, 0.25) is 0 Å². The van der Waals surface area contributed by atoms with Gasteiger partial charge in [-0.05, 0) is 36.2 Å². The number of hydrogen-bond donors (Lipinski definition) is 2. The van der Waals surface area contributed by atoms with Gasteiger partial charge in [-0.25, -0.2) is 9.78 Å². The van der Waals surface area contributed by atoms with E-state index in [1.165, 1.54) is 0 Å². The zero-order valence-electron chi connectivity index (χ0n) is 16.5. The van der Waals surface area contributed by atoms with E-state index in [1.807, 2.05) is 20.8 Å². The number of carbonyl (C=O) groups excluding carboxylic acids is 1. The maximum Gasteiger partial charge on any atom is 0.340 e. The van der Waals surface area contributed by atoms with Gasteiger partial charge in [0.1, 0.15) is 12.4 Å². The summed E-state index contributed by atoms with van der Waals surface area (Å²) in [7, 11) is 0. The molecule has 0 saturated carbocycles. The molecule has 7 heteroatoms. The van der Waals surface area contributed by atoms with Gasteiger partial charge in [-0.1, -0.05) is 20.8 Å². The van der Waals surface area contributed by atoms with Crippen molar-refractivity contribution in [1.82, 2.24) is 9.55 Å². The summed E-state index contributed by atoms with van der Waals surface area (Å²) in [6.07, 6.45) is -0.739. The highest BCUT2D eigenvalue weighted by molar-refractivity contribution is 5.89. The molecule has 2 aliphatic rings. The van der Waals surface area contributed by atoms with Crippen LogP contribution in [0.15, 0.2) is 29.1 Å². The lowest BCUT2D eigenvalue weighted by Gasteiger charge is -2.21. The molecular weight excluding hydrogens is 372 g/mol. The molecule has 150 valence electrons. The lowest BCUT2D eigenvalue weighted by molar-refractivity contribution is -0.157. The summed E-state index contributed by atoms with van der Waals surface area (Å²) < 4.78 is 6.52. The first-order valence-electron chi connectivity index (χ1n) is 9.75. The highest BCUT2D eigenvalue weighted by atomic mass is 16.5. The molecule has 2 N–H and O–H groups in total. The summed E-state index contributed by atoms with van der Waals surface area (Å²) in [6, 6.07) is 6.69. The quantitative estimate of drug-likeness (QED) is 0.482. The first-order valence-corrected chi connectivity index (χ1v) is 9.75. The zero-order valence-corrected chi connectivity index (χ0v) is 16.5. The van der Waals surface area contributed by atoms with E-state index < -0.39 is 12.1 Å². The maximum atomic E-state index is 13.0. The Balaban J connectivity index is 0.000000994. The average molecular weight is 394 g/mol. The minimum Gasteiger partial charge on any atom is -0.508 e. The van der Waals surface area contributed by atoms with E-state index in [2.05, 4.69) is 0 Å². The normalized spacial score (nSPS) is 16.4. The molecule has 0 aliphatic carbocycles. The molecule has 0 amide bonds. The van der Waals surface area contributed by atoms with Gasteiger partial charge in [0.25, 0.3) is 5.56 Å². The molecule has 1 atom stereocenters. The number of esters is 1. The van der Waals surface area contributed by atoms with E-state index in [1.54, 1.807) is 28.8 Å². The van der Waals surface area contributed by atoms with Gasteiger partial charge in [0.05, 0.1) is 29.0 Å². The molecule has 0 bridgehead atoms. The number of fused-ring (bicyclic) bond motifs is 5. The van der Waals surface area contributed by atoms with E-state index in [-0.39, 0.29) is 17.9 Å². The lowest BCUT2D eigenvalue weighted by Crippen LogP contribution is -2.32. The van der Waals surface area contributed by atoms with Crippen LogP contribution < -0.4 is 5.56 Å². The number of aromatic nitrogens is 2. The van der Waals surface area contributed by atoms with E-state index >= 15 is 0 Å². The third-order valence-electron chi connectivity index (χ3n) is 5.41. The molecule has 2 aliphatic heterocycles. The maximum absolute atomic E-state index is 13.0. The number of hydrogen-bond acceptors (Lipinski definition) is 6. The number of phenolic OH excluding ortho intramolecular Hbond substituents is 1. The number of aromatic hydroxyl groups is 1. The van der Waals surface area contributed by atoms with Crippen molar-refractivity contribution in [3.8, 4) is 17.1 Å². The van der Waals surface area contributed by atoms with Gasteiger partial charge < -0.3 is 19.5 Å². The Hall–Kier alpha value is -3.19. The van der Waals surface area contributed by atoms with Gasteiger partial charge in [-0.15, -0.1) is 0 Å². The smallest absolute Gasteiger partial charge is 0.340 e. The van der Waals surface area contributed by atoms with Crippen molar-refractivity contribution in [3.63, 3.8) is 0 Å². The first kappa shape index (κ1) is 19.1. The van der Waals surface area contributed by atoms with Crippen molar-refractivity contribution in [2.24, 2.45) is 0 Å². The Morgan fingerprint density at radius 1 is 1.21 bits per heavy atom. The summed E-state index contributed by atoms with van der Waals surface area (Å²) in [5, 5.41) is 20.9. The molecule has 2 aromatic heterocycles. The van der Waals surface area contributed by atoms with Gasteiger partial charge >= 0.3 is 5.97 Å². The van der Waals surface area contributed by atoms with Crippen LogP contribution in [-0.2, 0) is 29.1 Å². The number of aliphatic hydroxyl groups is 1. The number of aryl methyl sites for hydroxylation is 1. The number of cyclic esters (lactones) is 1. The fourth-order valence-electron chi connectivity index (χ4n) is 4.10. The predicted molar refractivity (Wildman–Crippen MR) is 108 cm³/mol. The monoisotopic (exact) mass is 394 g/mol. The topological polar surface area (TPSA) is 102 Å². The van der Waals surface area contributed by atoms with Gasteiger partial charge in [-0.2, -0.15) is 0 Å². The van der Waals surface area contributed by atoms with Crippen LogP contribution in [-0.4, -0.2) is 25.7 Å². The summed E-state index contributed by atoms with van der Waals surface area (Å²) in [5.74, 6) is -0.581. The number of aliphatic hydroxyl groups excluding tert-OH is 1. The number of rotatable bonds is 1. The van der Waals surface area contributed by atoms with Crippen molar-refractivity contribution in [1.29, 1.82) is 0 Å². The number of benzene rings is 1. The minimum atomic E-state index is -1.46. The lowest BCUT2D eigenvalue weighted by atomic mass is 9.97. The van der Waals surface area contributed by atoms with Crippen molar-refractivity contribution < 1.29 is 19.7 Å². The fourth-order valence-corrected chi connectivity index (χ4v) is 4.10. The zero-order chi connectivity index (χ0) is 20.9. The fraction of sp³-hybridized carbons (Fsp3) is 0.318. The van der Waals surface area contributed by atoms with Crippen LogP contribution in [0.1, 0.15) is 49.1 Å². The van der Waals surface area contributed by atoms with E-state index in [9.17, 15) is 19.8 Å². The summed E-state index contributed by atoms with van der Waals surface area (Å²) in [5.41, 5.74) is 4.27. The van der Waals surface area contributed by atoms with Crippen molar-refractivity contribution in [3.05, 3.63) is 56.9 Å². The van der Waals surface area contributed by atoms with E-state index in [0.717, 1.165) is 28.5 Å². The molecule has 1 unspecified atom stereocenters. The summed E-state index contributed by atoms with van der Waals surface area (Å²) in [4.78, 5) is 29.4. The molecule has 3 aromatic rings. The van der Waals surface area contributed by atoms with Crippen LogP contribution in [0.4, 0.5) is 0 Å². The molecule has 4 heterocycles. The Morgan fingerprint density at radius 2 is 1.97 bits per heavy atom. The molecule has 1 aromatic carbocycles. The Labute approximate surface area is 167 Å². The number of carbonyl (C=O) groups is 1. The molecule has 0 saturated heterocycles. The highest BCUT2D eigenvalue weighted by Gasteiger charge is 2.34. The van der Waals surface area contributed by atoms with Crippen LogP contribution in [0, 0.1) is 0 Å². The second-order valence-electron chi connectivity index (χ2n) is 6.84. The average Bonchev–Trinajstić information content (AvgIpc) is 3.09. The molecule has 5 rings (SSSR count). The highest BCUT2D eigenvalue weighted by Crippen LogP contribution is 2.38. The van der Waals surface area contributed by atoms with Gasteiger partial charge in [0.15, 0.2) is 6.10 Å². The Kier molecular flexibility index (Phi) is 4.62. The molecule has 0 spiro atoms. The molecular formula is C22H22N2O5. The second-order valence-corrected chi connectivity index (χ2v) is 6.84. The first-order chi connectivity index (χ1) is 14.0. The number of ether oxygens (including phenoxy) is 1. The molecule has 7 nitrogen and oxygen atoms in total. The van der Waals surface area contributed by atoms with Crippen LogP contribution >= 0.6 is 0 Å². The predicted octanol–water partition coefficient (Wildman–Crippen LogP) is 2.81. The van der Waals surface area contributed by atoms with Crippen molar-refractivity contribution in [2.45, 2.75) is 46.4 Å². The molecule has 29 heavy (non-hydrogen) atoms. The van der Waals surface area contributed by atoms with E-state index in [4.69, 9.17) is 9.72 Å². The number of pyridine rings is 2. The van der Waals surface area contributed by atoms with E-state index in [0.29, 0.717) is 29.1 Å².